The van der Waals surface area contributed by atoms with Crippen LogP contribution in [-0.4, -0.2) is 36.5 Å². The molecule has 0 spiro atoms. The zero-order chi connectivity index (χ0) is 5.70. The number of hydrogen-bond acceptors (Lipinski definition) is 2. The van der Waals surface area contributed by atoms with E-state index in [9.17, 15) is 0 Å². The van der Waals surface area contributed by atoms with Crippen LogP contribution in [0.25, 0.3) is 0 Å². The third-order valence-corrected chi connectivity index (χ3v) is 0.604. The SMILES string of the molecule is C[N]CC(O)CO. The van der Waals surface area contributed by atoms with Crippen molar-refractivity contribution in [2.24, 2.45) is 0 Å². The molecule has 0 aromatic carbocycles. The van der Waals surface area contributed by atoms with Gasteiger partial charge in [0.05, 0.1) is 12.7 Å². The normalized spacial score (nSPS) is 14.1. The van der Waals surface area contributed by atoms with Gasteiger partial charge in [-0.1, -0.05) is 0 Å². The molecule has 0 aromatic rings. The highest BCUT2D eigenvalue weighted by Gasteiger charge is 1.96. The molecule has 0 saturated carbocycles. The van der Waals surface area contributed by atoms with Crippen LogP contribution in [0.2, 0.25) is 0 Å². The minimum absolute atomic E-state index is 0.197. The van der Waals surface area contributed by atoms with Crippen molar-refractivity contribution in [3.63, 3.8) is 0 Å². The van der Waals surface area contributed by atoms with Gasteiger partial charge in [0.25, 0.3) is 0 Å². The first-order valence-electron chi connectivity index (χ1n) is 2.15. The molecular weight excluding hydrogens is 94.0 g/mol. The van der Waals surface area contributed by atoms with E-state index in [1.54, 1.807) is 7.05 Å². The fourth-order valence-electron chi connectivity index (χ4n) is 0.268. The fraction of sp³-hybridized carbons (Fsp3) is 1.00. The van der Waals surface area contributed by atoms with Crippen LogP contribution < -0.4 is 5.32 Å². The van der Waals surface area contributed by atoms with Crippen molar-refractivity contribution in [3.8, 4) is 0 Å². The molecule has 0 bridgehead atoms. The highest BCUT2D eigenvalue weighted by atomic mass is 16.3. The first-order chi connectivity index (χ1) is 3.31. The smallest absolute Gasteiger partial charge is 0.0911 e. The van der Waals surface area contributed by atoms with E-state index < -0.39 is 6.10 Å². The van der Waals surface area contributed by atoms with E-state index in [1.165, 1.54) is 0 Å². The highest BCUT2D eigenvalue weighted by molar-refractivity contribution is 4.51. The van der Waals surface area contributed by atoms with Crippen LogP contribution in [0.15, 0.2) is 0 Å². The number of aliphatic hydroxyl groups is 2. The number of aliphatic hydroxyl groups excluding tert-OH is 2. The van der Waals surface area contributed by atoms with Gasteiger partial charge in [0.1, 0.15) is 0 Å². The average Bonchev–Trinajstić information content (AvgIpc) is 1.68. The Hall–Kier alpha value is -0.120. The maximum Gasteiger partial charge on any atom is 0.0911 e. The second kappa shape index (κ2) is 4.05. The van der Waals surface area contributed by atoms with Crippen LogP contribution in [0.4, 0.5) is 0 Å². The average molecular weight is 104 g/mol. The van der Waals surface area contributed by atoms with E-state index in [-0.39, 0.29) is 6.61 Å². The van der Waals surface area contributed by atoms with Gasteiger partial charge < -0.3 is 10.2 Å². The van der Waals surface area contributed by atoms with Crippen LogP contribution in [0, 0.1) is 0 Å². The molecule has 1 radical (unpaired) electrons. The minimum Gasteiger partial charge on any atom is -0.394 e. The summed E-state index contributed by atoms with van der Waals surface area (Å²) in [5.74, 6) is 0. The Labute approximate surface area is 43.0 Å². The monoisotopic (exact) mass is 104 g/mol. The van der Waals surface area contributed by atoms with E-state index in [0.717, 1.165) is 0 Å². The molecule has 0 heterocycles. The van der Waals surface area contributed by atoms with Gasteiger partial charge in [0, 0.05) is 13.6 Å². The molecule has 3 nitrogen and oxygen atoms in total. The zero-order valence-corrected chi connectivity index (χ0v) is 4.33. The molecule has 1 unspecified atom stereocenters. The topological polar surface area (TPSA) is 54.6 Å². The molecule has 0 saturated heterocycles. The maximum absolute atomic E-state index is 8.51. The lowest BCUT2D eigenvalue weighted by Gasteiger charge is -2.01. The molecule has 7 heavy (non-hydrogen) atoms. The van der Waals surface area contributed by atoms with Crippen molar-refractivity contribution in [2.45, 2.75) is 6.10 Å². The number of hydrogen-bond donors (Lipinski definition) is 2. The van der Waals surface area contributed by atoms with Gasteiger partial charge in [-0.2, -0.15) is 0 Å². The quantitative estimate of drug-likeness (QED) is 0.461. The van der Waals surface area contributed by atoms with Gasteiger partial charge in [-0.15, -0.1) is 0 Å². The zero-order valence-electron chi connectivity index (χ0n) is 4.33. The van der Waals surface area contributed by atoms with E-state index in [2.05, 4.69) is 5.32 Å². The first kappa shape index (κ1) is 6.88. The van der Waals surface area contributed by atoms with Crippen LogP contribution in [0.5, 0.6) is 0 Å². The van der Waals surface area contributed by atoms with Gasteiger partial charge in [0.15, 0.2) is 0 Å². The Morgan fingerprint density at radius 2 is 2.29 bits per heavy atom. The Morgan fingerprint density at radius 1 is 1.71 bits per heavy atom. The fourth-order valence-corrected chi connectivity index (χ4v) is 0.268. The largest absolute Gasteiger partial charge is 0.394 e. The third kappa shape index (κ3) is 3.72. The van der Waals surface area contributed by atoms with Gasteiger partial charge in [-0.05, 0) is 0 Å². The molecule has 0 fully saturated rings. The molecule has 0 amide bonds. The van der Waals surface area contributed by atoms with Crippen molar-refractivity contribution >= 4 is 0 Å². The second-order valence-electron chi connectivity index (χ2n) is 1.34. The van der Waals surface area contributed by atoms with Crippen molar-refractivity contribution in [1.29, 1.82) is 0 Å². The Balaban J connectivity index is 2.83. The van der Waals surface area contributed by atoms with E-state index in [0.29, 0.717) is 6.54 Å². The summed E-state index contributed by atoms with van der Waals surface area (Å²) in [4.78, 5) is 0. The molecule has 2 N–H and O–H groups in total. The Bertz CT molecular complexity index is 40.7. The second-order valence-corrected chi connectivity index (χ2v) is 1.34. The molecule has 0 rings (SSSR count). The molecule has 1 atom stereocenters. The highest BCUT2D eigenvalue weighted by Crippen LogP contribution is 1.73. The lowest BCUT2D eigenvalue weighted by atomic mass is 10.4. The number of rotatable bonds is 3. The predicted octanol–water partition coefficient (Wildman–Crippen LogP) is -1.43. The summed E-state index contributed by atoms with van der Waals surface area (Å²) in [6, 6.07) is 0. The first-order valence-corrected chi connectivity index (χ1v) is 2.15. The number of likely N-dealkylation sites (N-methyl/N-ethyl adjacent to an activating group) is 1. The lowest BCUT2D eigenvalue weighted by molar-refractivity contribution is 0.0955. The summed E-state index contributed by atoms with van der Waals surface area (Å²) >= 11 is 0. The van der Waals surface area contributed by atoms with Crippen molar-refractivity contribution in [2.75, 3.05) is 20.2 Å². The predicted molar refractivity (Wildman–Crippen MR) is 26.0 cm³/mol. The molecule has 0 aliphatic rings. The molecule has 0 aliphatic heterocycles. The molecule has 0 aromatic heterocycles. The lowest BCUT2D eigenvalue weighted by Crippen LogP contribution is -2.22. The van der Waals surface area contributed by atoms with Crippen LogP contribution >= 0.6 is 0 Å². The van der Waals surface area contributed by atoms with Gasteiger partial charge >= 0.3 is 0 Å². The van der Waals surface area contributed by atoms with Crippen molar-refractivity contribution in [3.05, 3.63) is 0 Å². The minimum atomic E-state index is -0.662. The van der Waals surface area contributed by atoms with Gasteiger partial charge in [-0.3, -0.25) is 0 Å². The summed E-state index contributed by atoms with van der Waals surface area (Å²) in [6.07, 6.45) is -0.662. The van der Waals surface area contributed by atoms with Crippen LogP contribution in [0.1, 0.15) is 0 Å². The van der Waals surface area contributed by atoms with Crippen molar-refractivity contribution < 1.29 is 10.2 Å². The Kier molecular flexibility index (Phi) is 3.98. The summed E-state index contributed by atoms with van der Waals surface area (Å²) in [5.41, 5.74) is 0. The summed E-state index contributed by atoms with van der Waals surface area (Å²) < 4.78 is 0. The molecular formula is C4H10NO2. The van der Waals surface area contributed by atoms with E-state index in [4.69, 9.17) is 10.2 Å². The van der Waals surface area contributed by atoms with Crippen LogP contribution in [0.3, 0.4) is 0 Å². The van der Waals surface area contributed by atoms with Crippen LogP contribution in [-0.2, 0) is 0 Å². The molecule has 43 valence electrons. The van der Waals surface area contributed by atoms with Gasteiger partial charge in [0.2, 0.25) is 0 Å². The van der Waals surface area contributed by atoms with E-state index >= 15 is 0 Å². The van der Waals surface area contributed by atoms with Gasteiger partial charge in [-0.25, -0.2) is 5.32 Å². The third-order valence-electron chi connectivity index (χ3n) is 0.604. The molecule has 3 heteroatoms. The number of nitrogens with zero attached hydrogens (tertiary/aromatic N) is 1. The maximum atomic E-state index is 8.51. The summed E-state index contributed by atoms with van der Waals surface area (Å²) in [5, 5.41) is 20.3. The molecule has 0 aliphatic carbocycles. The summed E-state index contributed by atoms with van der Waals surface area (Å²) in [7, 11) is 1.60. The summed E-state index contributed by atoms with van der Waals surface area (Å²) in [6.45, 7) is 0.133. The standard InChI is InChI=1S/C4H10NO2/c1-5-2-4(7)3-6/h4,6-7H,2-3H2,1H3. The Morgan fingerprint density at radius 3 is 2.43 bits per heavy atom. The van der Waals surface area contributed by atoms with Crippen molar-refractivity contribution in [1.82, 2.24) is 5.32 Å². The van der Waals surface area contributed by atoms with E-state index in [1.807, 2.05) is 0 Å².